The Labute approximate surface area is 90.6 Å². The lowest BCUT2D eigenvalue weighted by atomic mass is 10.3. The second kappa shape index (κ2) is 4.18. The average molecular weight is 220 g/mol. The number of ether oxygens (including phenoxy) is 1. The van der Waals surface area contributed by atoms with Crippen LogP contribution in [0.4, 0.5) is 0 Å². The Balaban J connectivity index is 2.39. The molecule has 0 aliphatic rings. The standard InChI is InChI=1S/C10H8N2O2S/c1-14-10(13)9-11-5-4-7(12-9)8-3-2-6-15-8/h2-6H,1H3. The first-order chi connectivity index (χ1) is 7.31. The van der Waals surface area contributed by atoms with Crippen molar-refractivity contribution in [2.24, 2.45) is 0 Å². The van der Waals surface area contributed by atoms with Gasteiger partial charge in [-0.25, -0.2) is 14.8 Å². The molecule has 0 saturated carbocycles. The average Bonchev–Trinajstić information content (AvgIpc) is 2.82. The fourth-order valence-electron chi connectivity index (χ4n) is 1.11. The summed E-state index contributed by atoms with van der Waals surface area (Å²) in [5, 5.41) is 1.95. The summed E-state index contributed by atoms with van der Waals surface area (Å²) in [6.45, 7) is 0. The molecule has 0 fully saturated rings. The molecule has 0 aliphatic heterocycles. The molecule has 0 N–H and O–H groups in total. The summed E-state index contributed by atoms with van der Waals surface area (Å²) in [5.41, 5.74) is 0.736. The van der Waals surface area contributed by atoms with Crippen molar-refractivity contribution in [2.75, 3.05) is 7.11 Å². The van der Waals surface area contributed by atoms with Crippen LogP contribution in [-0.2, 0) is 4.74 Å². The van der Waals surface area contributed by atoms with E-state index in [1.807, 2.05) is 17.5 Å². The number of carbonyl (C=O) groups excluding carboxylic acids is 1. The third-order valence-electron chi connectivity index (χ3n) is 1.80. The summed E-state index contributed by atoms with van der Waals surface area (Å²) in [5.74, 6) is -0.434. The molecular weight excluding hydrogens is 212 g/mol. The lowest BCUT2D eigenvalue weighted by Gasteiger charge is -1.99. The lowest BCUT2D eigenvalue weighted by Crippen LogP contribution is -2.07. The number of aromatic nitrogens is 2. The molecule has 0 atom stereocenters. The van der Waals surface area contributed by atoms with E-state index < -0.39 is 5.97 Å². The third kappa shape index (κ3) is 2.02. The van der Waals surface area contributed by atoms with E-state index in [2.05, 4.69) is 14.7 Å². The number of carbonyl (C=O) groups is 1. The number of hydrogen-bond donors (Lipinski definition) is 0. The van der Waals surface area contributed by atoms with Gasteiger partial charge in [0.25, 0.3) is 0 Å². The maximum Gasteiger partial charge on any atom is 0.376 e. The zero-order chi connectivity index (χ0) is 10.7. The van der Waals surface area contributed by atoms with Crippen LogP contribution in [0.25, 0.3) is 10.6 Å². The van der Waals surface area contributed by atoms with Crippen molar-refractivity contribution in [2.45, 2.75) is 0 Å². The van der Waals surface area contributed by atoms with Crippen molar-refractivity contribution in [3.63, 3.8) is 0 Å². The van der Waals surface area contributed by atoms with Crippen molar-refractivity contribution in [1.29, 1.82) is 0 Å². The molecule has 0 aromatic carbocycles. The van der Waals surface area contributed by atoms with Gasteiger partial charge in [0.15, 0.2) is 0 Å². The van der Waals surface area contributed by atoms with Crippen LogP contribution in [0.5, 0.6) is 0 Å². The summed E-state index contributed by atoms with van der Waals surface area (Å²) in [6.07, 6.45) is 1.55. The molecule has 5 heteroatoms. The largest absolute Gasteiger partial charge is 0.463 e. The van der Waals surface area contributed by atoms with Crippen LogP contribution in [0.1, 0.15) is 10.6 Å². The number of methoxy groups -OCH3 is 1. The van der Waals surface area contributed by atoms with Crippen LogP contribution >= 0.6 is 11.3 Å². The Morgan fingerprint density at radius 1 is 1.47 bits per heavy atom. The highest BCUT2D eigenvalue weighted by Gasteiger charge is 2.10. The fraction of sp³-hybridized carbons (Fsp3) is 0.100. The molecule has 76 valence electrons. The minimum atomic E-state index is -0.520. The quantitative estimate of drug-likeness (QED) is 0.726. The summed E-state index contributed by atoms with van der Waals surface area (Å²) in [4.78, 5) is 20.1. The third-order valence-corrected chi connectivity index (χ3v) is 2.69. The molecule has 0 saturated heterocycles. The molecule has 0 bridgehead atoms. The monoisotopic (exact) mass is 220 g/mol. The first kappa shape index (κ1) is 9.79. The summed E-state index contributed by atoms with van der Waals surface area (Å²) in [6, 6.07) is 5.63. The summed E-state index contributed by atoms with van der Waals surface area (Å²) < 4.78 is 4.55. The van der Waals surface area contributed by atoms with Gasteiger partial charge < -0.3 is 4.74 Å². The highest BCUT2D eigenvalue weighted by Crippen LogP contribution is 2.21. The second-order valence-corrected chi connectivity index (χ2v) is 3.68. The lowest BCUT2D eigenvalue weighted by molar-refractivity contribution is 0.0587. The van der Waals surface area contributed by atoms with Crippen LogP contribution in [-0.4, -0.2) is 23.0 Å². The maximum atomic E-state index is 11.2. The molecular formula is C10H8N2O2S. The molecule has 0 spiro atoms. The molecule has 2 aromatic rings. The van der Waals surface area contributed by atoms with Crippen LogP contribution < -0.4 is 0 Å². The summed E-state index contributed by atoms with van der Waals surface area (Å²) in [7, 11) is 1.31. The normalized spacial score (nSPS) is 9.93. The van der Waals surface area contributed by atoms with Gasteiger partial charge in [-0.15, -0.1) is 11.3 Å². The van der Waals surface area contributed by atoms with E-state index in [0.717, 1.165) is 10.6 Å². The Morgan fingerprint density at radius 2 is 2.33 bits per heavy atom. The van der Waals surface area contributed by atoms with Crippen LogP contribution in [0.15, 0.2) is 29.8 Å². The van der Waals surface area contributed by atoms with Crippen molar-refractivity contribution in [1.82, 2.24) is 9.97 Å². The fourth-order valence-corrected chi connectivity index (χ4v) is 1.81. The molecule has 2 rings (SSSR count). The van der Waals surface area contributed by atoms with Gasteiger partial charge in [-0.05, 0) is 17.5 Å². The van der Waals surface area contributed by atoms with E-state index in [1.165, 1.54) is 7.11 Å². The van der Waals surface area contributed by atoms with E-state index in [0.29, 0.717) is 0 Å². The SMILES string of the molecule is COC(=O)c1nccc(-c2cccs2)n1. The second-order valence-electron chi connectivity index (χ2n) is 2.73. The Hall–Kier alpha value is -1.75. The number of esters is 1. The molecule has 0 unspecified atom stereocenters. The maximum absolute atomic E-state index is 11.2. The summed E-state index contributed by atoms with van der Waals surface area (Å²) >= 11 is 1.56. The first-order valence-corrected chi connectivity index (χ1v) is 5.14. The van der Waals surface area contributed by atoms with Gasteiger partial charge in [0.05, 0.1) is 17.7 Å². The zero-order valence-corrected chi connectivity index (χ0v) is 8.82. The van der Waals surface area contributed by atoms with Gasteiger partial charge in [-0.1, -0.05) is 6.07 Å². The van der Waals surface area contributed by atoms with Crippen LogP contribution in [0.3, 0.4) is 0 Å². The Morgan fingerprint density at radius 3 is 3.00 bits per heavy atom. The highest BCUT2D eigenvalue weighted by atomic mass is 32.1. The van der Waals surface area contributed by atoms with Gasteiger partial charge in [0, 0.05) is 6.20 Å². The minimum absolute atomic E-state index is 0.0865. The van der Waals surface area contributed by atoms with E-state index in [1.54, 1.807) is 23.6 Å². The van der Waals surface area contributed by atoms with Crippen molar-refractivity contribution in [3.05, 3.63) is 35.6 Å². The van der Waals surface area contributed by atoms with Crippen LogP contribution in [0.2, 0.25) is 0 Å². The van der Waals surface area contributed by atoms with Crippen LogP contribution in [0, 0.1) is 0 Å². The van der Waals surface area contributed by atoms with E-state index in [9.17, 15) is 4.79 Å². The number of rotatable bonds is 2. The number of nitrogens with zero attached hydrogens (tertiary/aromatic N) is 2. The van der Waals surface area contributed by atoms with Gasteiger partial charge in [-0.3, -0.25) is 0 Å². The van der Waals surface area contributed by atoms with Gasteiger partial charge in [0.2, 0.25) is 5.82 Å². The predicted molar refractivity (Wildman–Crippen MR) is 56.7 cm³/mol. The Kier molecular flexibility index (Phi) is 2.73. The van der Waals surface area contributed by atoms with E-state index >= 15 is 0 Å². The smallest absolute Gasteiger partial charge is 0.376 e. The zero-order valence-electron chi connectivity index (χ0n) is 8.01. The molecule has 4 nitrogen and oxygen atoms in total. The Bertz CT molecular complexity index is 468. The highest BCUT2D eigenvalue weighted by molar-refractivity contribution is 7.13. The van der Waals surface area contributed by atoms with Gasteiger partial charge in [-0.2, -0.15) is 0 Å². The van der Waals surface area contributed by atoms with Crippen molar-refractivity contribution >= 4 is 17.3 Å². The number of hydrogen-bond acceptors (Lipinski definition) is 5. The molecule has 0 radical (unpaired) electrons. The van der Waals surface area contributed by atoms with Gasteiger partial charge in [0.1, 0.15) is 0 Å². The van der Waals surface area contributed by atoms with Crippen molar-refractivity contribution in [3.8, 4) is 10.6 Å². The van der Waals surface area contributed by atoms with Crippen molar-refractivity contribution < 1.29 is 9.53 Å². The number of thiophene rings is 1. The van der Waals surface area contributed by atoms with Gasteiger partial charge >= 0.3 is 5.97 Å². The molecule has 0 aliphatic carbocycles. The first-order valence-electron chi connectivity index (χ1n) is 4.26. The topological polar surface area (TPSA) is 52.1 Å². The molecule has 2 heterocycles. The molecule has 2 aromatic heterocycles. The predicted octanol–water partition coefficient (Wildman–Crippen LogP) is 1.99. The molecule has 0 amide bonds. The molecule has 15 heavy (non-hydrogen) atoms. The minimum Gasteiger partial charge on any atom is -0.463 e. The van der Waals surface area contributed by atoms with E-state index in [-0.39, 0.29) is 5.82 Å². The van der Waals surface area contributed by atoms with E-state index in [4.69, 9.17) is 0 Å².